The molecule has 0 spiro atoms. The molecule has 0 aliphatic rings. The fraction of sp³-hybridized carbons (Fsp3) is 0.278. The van der Waals surface area contributed by atoms with Crippen LogP contribution in [0, 0.1) is 6.92 Å². The minimum atomic E-state index is -0.244. The second kappa shape index (κ2) is 7.50. The van der Waals surface area contributed by atoms with Crippen molar-refractivity contribution in [1.82, 2.24) is 0 Å². The average Bonchev–Trinajstić information content (AvgIpc) is 2.55. The van der Waals surface area contributed by atoms with Crippen molar-refractivity contribution in [3.8, 4) is 5.75 Å². The first-order chi connectivity index (χ1) is 10.6. The third kappa shape index (κ3) is 4.25. The van der Waals surface area contributed by atoms with E-state index in [4.69, 9.17) is 9.47 Å². The number of hydrogen-bond donors (Lipinski definition) is 1. The Morgan fingerprint density at radius 3 is 2.23 bits per heavy atom. The lowest BCUT2D eigenvalue weighted by Crippen LogP contribution is -2.16. The van der Waals surface area contributed by atoms with Crippen LogP contribution in [0.3, 0.4) is 0 Å². The zero-order chi connectivity index (χ0) is 15.9. The molecular formula is C18H21NO3. The summed E-state index contributed by atoms with van der Waals surface area (Å²) in [5.74, 6) is 0.553. The zero-order valence-electron chi connectivity index (χ0n) is 13.1. The van der Waals surface area contributed by atoms with E-state index in [1.165, 1.54) is 12.7 Å². The lowest BCUT2D eigenvalue weighted by Gasteiger charge is -2.20. The van der Waals surface area contributed by atoms with Crippen LogP contribution in [0.4, 0.5) is 5.69 Å². The number of carbonyl (C=O) groups excluding carboxylic acids is 1. The zero-order valence-corrected chi connectivity index (χ0v) is 13.1. The highest BCUT2D eigenvalue weighted by Crippen LogP contribution is 2.25. The number of esters is 1. The van der Waals surface area contributed by atoms with Crippen LogP contribution in [0.15, 0.2) is 48.5 Å². The van der Waals surface area contributed by atoms with Gasteiger partial charge in [-0.3, -0.25) is 4.79 Å². The van der Waals surface area contributed by atoms with Gasteiger partial charge in [0, 0.05) is 5.69 Å². The molecule has 2 aromatic rings. The maximum absolute atomic E-state index is 11.7. The summed E-state index contributed by atoms with van der Waals surface area (Å²) < 4.78 is 9.95. The number of anilines is 1. The molecule has 0 aliphatic carbocycles. The normalized spacial score (nSPS) is 11.6. The Bertz CT molecular complexity index is 605. The Morgan fingerprint density at radius 2 is 1.68 bits per heavy atom. The van der Waals surface area contributed by atoms with Gasteiger partial charge in [-0.05, 0) is 36.8 Å². The lowest BCUT2D eigenvalue weighted by atomic mass is 10.0. The van der Waals surface area contributed by atoms with Crippen molar-refractivity contribution in [1.29, 1.82) is 0 Å². The van der Waals surface area contributed by atoms with Crippen molar-refractivity contribution in [3.63, 3.8) is 0 Å². The molecule has 0 fully saturated rings. The number of methoxy groups -OCH3 is 2. The molecule has 0 bridgehead atoms. The van der Waals surface area contributed by atoms with Crippen molar-refractivity contribution < 1.29 is 14.3 Å². The van der Waals surface area contributed by atoms with Gasteiger partial charge in [0.15, 0.2) is 0 Å². The van der Waals surface area contributed by atoms with Crippen LogP contribution < -0.4 is 10.1 Å². The molecule has 1 N–H and O–H groups in total. The van der Waals surface area contributed by atoms with Crippen LogP contribution in [0.1, 0.15) is 23.6 Å². The Labute approximate surface area is 131 Å². The van der Waals surface area contributed by atoms with Crippen LogP contribution in [-0.4, -0.2) is 20.2 Å². The molecule has 4 nitrogen and oxygen atoms in total. The van der Waals surface area contributed by atoms with Gasteiger partial charge in [0.2, 0.25) is 0 Å². The van der Waals surface area contributed by atoms with Crippen LogP contribution >= 0.6 is 0 Å². The third-order valence-corrected chi connectivity index (χ3v) is 3.51. The number of nitrogens with one attached hydrogen (secondary N) is 1. The number of benzene rings is 2. The summed E-state index contributed by atoms with van der Waals surface area (Å²) in [5, 5.41) is 3.37. The van der Waals surface area contributed by atoms with Gasteiger partial charge in [-0.25, -0.2) is 0 Å². The number of aryl methyl sites for hydroxylation is 1. The first kappa shape index (κ1) is 15.9. The highest BCUT2D eigenvalue weighted by atomic mass is 16.5. The quantitative estimate of drug-likeness (QED) is 0.826. The standard InChI is InChI=1S/C18H21NO3/c1-13-4-6-14(7-5-13)17(12-18(20)22-3)19-15-8-10-16(21-2)11-9-15/h4-11,17,19H,12H2,1-3H3. The highest BCUT2D eigenvalue weighted by molar-refractivity contribution is 5.71. The maximum Gasteiger partial charge on any atom is 0.307 e. The molecule has 1 atom stereocenters. The van der Waals surface area contributed by atoms with Gasteiger partial charge < -0.3 is 14.8 Å². The Kier molecular flexibility index (Phi) is 5.42. The van der Waals surface area contributed by atoms with Gasteiger partial charge >= 0.3 is 5.97 Å². The Balaban J connectivity index is 2.19. The van der Waals surface area contributed by atoms with Crippen molar-refractivity contribution in [2.45, 2.75) is 19.4 Å². The van der Waals surface area contributed by atoms with E-state index in [9.17, 15) is 4.79 Å². The van der Waals surface area contributed by atoms with Gasteiger partial charge in [0.1, 0.15) is 5.75 Å². The predicted octanol–water partition coefficient (Wildman–Crippen LogP) is 3.72. The van der Waals surface area contributed by atoms with Gasteiger partial charge in [-0.15, -0.1) is 0 Å². The van der Waals surface area contributed by atoms with Crippen LogP contribution in [0.25, 0.3) is 0 Å². The van der Waals surface area contributed by atoms with Gasteiger partial charge in [-0.1, -0.05) is 29.8 Å². The van der Waals surface area contributed by atoms with Crippen molar-refractivity contribution in [3.05, 3.63) is 59.7 Å². The first-order valence-corrected chi connectivity index (χ1v) is 7.16. The molecule has 0 heterocycles. The summed E-state index contributed by atoms with van der Waals surface area (Å²) in [6.07, 6.45) is 0.269. The third-order valence-electron chi connectivity index (χ3n) is 3.51. The second-order valence-corrected chi connectivity index (χ2v) is 5.12. The fourth-order valence-electron chi connectivity index (χ4n) is 2.19. The maximum atomic E-state index is 11.7. The number of rotatable bonds is 6. The number of hydrogen-bond acceptors (Lipinski definition) is 4. The molecule has 0 aliphatic heterocycles. The van der Waals surface area contributed by atoms with E-state index in [1.54, 1.807) is 7.11 Å². The van der Waals surface area contributed by atoms with Crippen LogP contribution in [0.5, 0.6) is 5.75 Å². The summed E-state index contributed by atoms with van der Waals surface area (Å²) in [6, 6.07) is 15.6. The Morgan fingerprint density at radius 1 is 1.05 bits per heavy atom. The lowest BCUT2D eigenvalue weighted by molar-refractivity contribution is -0.140. The summed E-state index contributed by atoms with van der Waals surface area (Å²) in [6.45, 7) is 2.04. The average molecular weight is 299 g/mol. The predicted molar refractivity (Wildman–Crippen MR) is 87.2 cm³/mol. The molecular weight excluding hydrogens is 278 g/mol. The smallest absolute Gasteiger partial charge is 0.307 e. The van der Waals surface area contributed by atoms with Crippen molar-refractivity contribution >= 4 is 11.7 Å². The summed E-state index contributed by atoms with van der Waals surface area (Å²) in [4.78, 5) is 11.7. The molecule has 1 unspecified atom stereocenters. The van der Waals surface area contributed by atoms with Gasteiger partial charge in [0.25, 0.3) is 0 Å². The summed E-state index contributed by atoms with van der Waals surface area (Å²) in [7, 11) is 3.04. The largest absolute Gasteiger partial charge is 0.497 e. The summed E-state index contributed by atoms with van der Waals surface area (Å²) >= 11 is 0. The molecule has 22 heavy (non-hydrogen) atoms. The molecule has 0 saturated carbocycles. The molecule has 0 aromatic heterocycles. The van der Waals surface area contributed by atoms with E-state index in [-0.39, 0.29) is 18.4 Å². The van der Waals surface area contributed by atoms with Crippen molar-refractivity contribution in [2.75, 3.05) is 19.5 Å². The van der Waals surface area contributed by atoms with E-state index in [1.807, 2.05) is 55.5 Å². The summed E-state index contributed by atoms with van der Waals surface area (Å²) in [5.41, 5.74) is 3.16. The fourth-order valence-corrected chi connectivity index (χ4v) is 2.19. The molecule has 2 rings (SSSR count). The number of carbonyl (C=O) groups is 1. The van der Waals surface area contributed by atoms with E-state index < -0.39 is 0 Å². The minimum absolute atomic E-state index is 0.138. The van der Waals surface area contributed by atoms with Gasteiger partial charge in [-0.2, -0.15) is 0 Å². The molecule has 0 saturated heterocycles. The first-order valence-electron chi connectivity index (χ1n) is 7.16. The molecule has 2 aromatic carbocycles. The Hall–Kier alpha value is -2.49. The topological polar surface area (TPSA) is 47.6 Å². The minimum Gasteiger partial charge on any atom is -0.497 e. The van der Waals surface area contributed by atoms with E-state index in [2.05, 4.69) is 5.32 Å². The molecule has 4 heteroatoms. The van der Waals surface area contributed by atoms with Crippen LogP contribution in [0.2, 0.25) is 0 Å². The van der Waals surface area contributed by atoms with E-state index in [0.717, 1.165) is 17.0 Å². The number of ether oxygens (including phenoxy) is 2. The monoisotopic (exact) mass is 299 g/mol. The highest BCUT2D eigenvalue weighted by Gasteiger charge is 2.16. The van der Waals surface area contributed by atoms with Crippen molar-refractivity contribution in [2.24, 2.45) is 0 Å². The molecule has 0 radical (unpaired) electrons. The molecule has 0 amide bonds. The second-order valence-electron chi connectivity index (χ2n) is 5.12. The van der Waals surface area contributed by atoms with E-state index in [0.29, 0.717) is 0 Å². The van der Waals surface area contributed by atoms with Crippen LogP contribution in [-0.2, 0) is 9.53 Å². The van der Waals surface area contributed by atoms with E-state index >= 15 is 0 Å². The van der Waals surface area contributed by atoms with Gasteiger partial charge in [0.05, 0.1) is 26.7 Å². The SMILES string of the molecule is COC(=O)CC(Nc1ccc(OC)cc1)c1ccc(C)cc1. The molecule has 116 valence electrons.